The Kier molecular flexibility index (Phi) is 4.50. The van der Waals surface area contributed by atoms with Crippen LogP contribution in [0.3, 0.4) is 0 Å². The number of aryl methyl sites for hydroxylation is 2. The molecule has 0 spiro atoms. The molecule has 0 aliphatic heterocycles. The van der Waals surface area contributed by atoms with E-state index in [-0.39, 0.29) is 6.04 Å². The summed E-state index contributed by atoms with van der Waals surface area (Å²) in [6, 6.07) is 10.1. The first-order chi connectivity index (χ1) is 9.45. The standard InChI is InChI=1S/C17H23NO2/c1-11(9-15-5-7-16(19)8-6-15)18-13(3)17-10-12(2)20-14(17)4/h5-8,10-11,13,18-19H,9H2,1-4H3. The third kappa shape index (κ3) is 3.64. The predicted molar refractivity (Wildman–Crippen MR) is 81.0 cm³/mol. The molecule has 1 aromatic carbocycles. The zero-order chi connectivity index (χ0) is 14.7. The first-order valence-electron chi connectivity index (χ1n) is 7.06. The van der Waals surface area contributed by atoms with Crippen molar-refractivity contribution >= 4 is 0 Å². The molecule has 0 bridgehead atoms. The van der Waals surface area contributed by atoms with Crippen molar-refractivity contribution in [1.29, 1.82) is 0 Å². The molecule has 0 radical (unpaired) electrons. The van der Waals surface area contributed by atoms with E-state index in [2.05, 4.69) is 25.2 Å². The molecule has 2 unspecified atom stereocenters. The van der Waals surface area contributed by atoms with E-state index in [0.717, 1.165) is 17.9 Å². The van der Waals surface area contributed by atoms with E-state index in [1.807, 2.05) is 26.0 Å². The van der Waals surface area contributed by atoms with Crippen LogP contribution in [0, 0.1) is 13.8 Å². The van der Waals surface area contributed by atoms with Gasteiger partial charge in [0, 0.05) is 17.6 Å². The SMILES string of the molecule is Cc1cc(C(C)NC(C)Cc2ccc(O)cc2)c(C)o1. The average Bonchev–Trinajstić information content (AvgIpc) is 2.71. The minimum Gasteiger partial charge on any atom is -0.508 e. The molecule has 2 aromatic rings. The molecule has 1 aromatic heterocycles. The summed E-state index contributed by atoms with van der Waals surface area (Å²) in [6.07, 6.45) is 0.931. The van der Waals surface area contributed by atoms with Crippen LogP contribution in [0.4, 0.5) is 0 Å². The zero-order valence-electron chi connectivity index (χ0n) is 12.6. The molecule has 0 aliphatic rings. The van der Waals surface area contributed by atoms with Crippen molar-refractivity contribution in [1.82, 2.24) is 5.32 Å². The van der Waals surface area contributed by atoms with Crippen molar-refractivity contribution in [2.75, 3.05) is 0 Å². The van der Waals surface area contributed by atoms with Gasteiger partial charge in [0.15, 0.2) is 0 Å². The first-order valence-corrected chi connectivity index (χ1v) is 7.06. The summed E-state index contributed by atoms with van der Waals surface area (Å²) in [5.41, 5.74) is 2.44. The van der Waals surface area contributed by atoms with Gasteiger partial charge in [0.1, 0.15) is 17.3 Å². The number of phenolic OH excluding ortho intramolecular Hbond substituents is 1. The van der Waals surface area contributed by atoms with Gasteiger partial charge in [-0.05, 0) is 57.9 Å². The third-order valence-corrected chi connectivity index (χ3v) is 3.56. The maximum atomic E-state index is 9.29. The van der Waals surface area contributed by atoms with Crippen LogP contribution in [-0.2, 0) is 6.42 Å². The van der Waals surface area contributed by atoms with Crippen molar-refractivity contribution in [3.63, 3.8) is 0 Å². The molecule has 108 valence electrons. The summed E-state index contributed by atoms with van der Waals surface area (Å²) in [6.45, 7) is 8.31. The molecule has 0 saturated carbocycles. The molecule has 0 fully saturated rings. The number of furan rings is 1. The van der Waals surface area contributed by atoms with Gasteiger partial charge in [0.05, 0.1) is 0 Å². The second kappa shape index (κ2) is 6.14. The first kappa shape index (κ1) is 14.7. The van der Waals surface area contributed by atoms with Gasteiger partial charge in [-0.1, -0.05) is 12.1 Å². The molecule has 3 nitrogen and oxygen atoms in total. The molecule has 0 saturated heterocycles. The van der Waals surface area contributed by atoms with Crippen molar-refractivity contribution in [3.05, 3.63) is 53.0 Å². The Morgan fingerprint density at radius 1 is 1.15 bits per heavy atom. The Labute approximate surface area is 120 Å². The third-order valence-electron chi connectivity index (χ3n) is 3.56. The fraction of sp³-hybridized carbons (Fsp3) is 0.412. The van der Waals surface area contributed by atoms with Gasteiger partial charge in [-0.2, -0.15) is 0 Å². The predicted octanol–water partition coefficient (Wildman–Crippen LogP) is 3.88. The maximum absolute atomic E-state index is 9.29. The quantitative estimate of drug-likeness (QED) is 0.869. The number of aromatic hydroxyl groups is 1. The maximum Gasteiger partial charge on any atom is 0.115 e. The van der Waals surface area contributed by atoms with Crippen molar-refractivity contribution in [2.45, 2.75) is 46.2 Å². The Morgan fingerprint density at radius 2 is 1.80 bits per heavy atom. The van der Waals surface area contributed by atoms with Gasteiger partial charge < -0.3 is 14.8 Å². The topological polar surface area (TPSA) is 45.4 Å². The molecule has 0 aliphatic carbocycles. The van der Waals surface area contributed by atoms with E-state index in [1.165, 1.54) is 11.1 Å². The molecule has 2 rings (SSSR count). The summed E-state index contributed by atoms with van der Waals surface area (Å²) in [7, 11) is 0. The van der Waals surface area contributed by atoms with Crippen LogP contribution in [0.1, 0.15) is 42.5 Å². The molecule has 2 N–H and O–H groups in total. The highest BCUT2D eigenvalue weighted by Gasteiger charge is 2.15. The van der Waals surface area contributed by atoms with Gasteiger partial charge >= 0.3 is 0 Å². The van der Waals surface area contributed by atoms with Crippen molar-refractivity contribution in [3.8, 4) is 5.75 Å². The van der Waals surface area contributed by atoms with Crippen LogP contribution < -0.4 is 5.32 Å². The van der Waals surface area contributed by atoms with Gasteiger partial charge in [-0.15, -0.1) is 0 Å². The fourth-order valence-corrected chi connectivity index (χ4v) is 2.64. The molecular weight excluding hydrogens is 250 g/mol. The number of rotatable bonds is 5. The summed E-state index contributed by atoms with van der Waals surface area (Å²) in [5, 5.41) is 12.9. The zero-order valence-corrected chi connectivity index (χ0v) is 12.6. The summed E-state index contributed by atoms with van der Waals surface area (Å²) in [4.78, 5) is 0. The number of benzene rings is 1. The number of nitrogens with one attached hydrogen (secondary N) is 1. The Bertz CT molecular complexity index is 557. The highest BCUT2D eigenvalue weighted by Crippen LogP contribution is 2.22. The minimum atomic E-state index is 0.263. The van der Waals surface area contributed by atoms with Crippen LogP contribution in [0.25, 0.3) is 0 Å². The second-order valence-corrected chi connectivity index (χ2v) is 5.53. The minimum absolute atomic E-state index is 0.263. The van der Waals surface area contributed by atoms with Gasteiger partial charge in [0.25, 0.3) is 0 Å². The number of hydrogen-bond acceptors (Lipinski definition) is 3. The Balaban J connectivity index is 1.95. The van der Waals surface area contributed by atoms with E-state index in [9.17, 15) is 5.11 Å². The van der Waals surface area contributed by atoms with Crippen molar-refractivity contribution in [2.24, 2.45) is 0 Å². The van der Waals surface area contributed by atoms with E-state index >= 15 is 0 Å². The number of phenols is 1. The lowest BCUT2D eigenvalue weighted by Crippen LogP contribution is -2.30. The molecule has 20 heavy (non-hydrogen) atoms. The number of hydrogen-bond donors (Lipinski definition) is 2. The highest BCUT2D eigenvalue weighted by atomic mass is 16.3. The fourth-order valence-electron chi connectivity index (χ4n) is 2.64. The van der Waals surface area contributed by atoms with Crippen LogP contribution >= 0.6 is 0 Å². The molecule has 3 heteroatoms. The van der Waals surface area contributed by atoms with Gasteiger partial charge in [0.2, 0.25) is 0 Å². The lowest BCUT2D eigenvalue weighted by Gasteiger charge is -2.20. The monoisotopic (exact) mass is 273 g/mol. The lowest BCUT2D eigenvalue weighted by molar-refractivity contribution is 0.458. The van der Waals surface area contributed by atoms with Crippen LogP contribution in [0.15, 0.2) is 34.7 Å². The summed E-state index contributed by atoms with van der Waals surface area (Å²) < 4.78 is 5.58. The highest BCUT2D eigenvalue weighted by molar-refractivity contribution is 5.27. The summed E-state index contributed by atoms with van der Waals surface area (Å²) in [5.74, 6) is 2.25. The normalized spacial score (nSPS) is 14.2. The Morgan fingerprint density at radius 3 is 2.35 bits per heavy atom. The Hall–Kier alpha value is -1.74. The largest absolute Gasteiger partial charge is 0.508 e. The summed E-state index contributed by atoms with van der Waals surface area (Å²) >= 11 is 0. The van der Waals surface area contributed by atoms with Gasteiger partial charge in [-0.25, -0.2) is 0 Å². The van der Waals surface area contributed by atoms with Gasteiger partial charge in [-0.3, -0.25) is 0 Å². The average molecular weight is 273 g/mol. The van der Waals surface area contributed by atoms with Crippen LogP contribution in [-0.4, -0.2) is 11.1 Å². The second-order valence-electron chi connectivity index (χ2n) is 5.53. The molecular formula is C17H23NO2. The van der Waals surface area contributed by atoms with E-state index < -0.39 is 0 Å². The molecule has 2 atom stereocenters. The molecule has 0 amide bonds. The molecule has 1 heterocycles. The van der Waals surface area contributed by atoms with E-state index in [1.54, 1.807) is 12.1 Å². The lowest BCUT2D eigenvalue weighted by atomic mass is 10.0. The van der Waals surface area contributed by atoms with E-state index in [0.29, 0.717) is 11.8 Å². The van der Waals surface area contributed by atoms with Crippen LogP contribution in [0.2, 0.25) is 0 Å². The smallest absolute Gasteiger partial charge is 0.115 e. The van der Waals surface area contributed by atoms with E-state index in [4.69, 9.17) is 4.42 Å². The van der Waals surface area contributed by atoms with Crippen molar-refractivity contribution < 1.29 is 9.52 Å². The van der Waals surface area contributed by atoms with Crippen LogP contribution in [0.5, 0.6) is 5.75 Å².